The molecule has 1 fully saturated rings. The monoisotopic (exact) mass is 723 g/mol. The third-order valence-corrected chi connectivity index (χ3v) is 6.97. The number of aryl methyl sites for hydroxylation is 1. The van der Waals surface area contributed by atoms with Crippen LogP contribution in [0.5, 0.6) is 5.88 Å². The van der Waals surface area contributed by atoms with Crippen LogP contribution in [0, 0.1) is 6.92 Å². The molecule has 0 saturated heterocycles. The highest BCUT2D eigenvalue weighted by molar-refractivity contribution is 7.78. The van der Waals surface area contributed by atoms with Crippen molar-refractivity contribution >= 4 is 36.4 Å². The molecule has 1 saturated carbocycles. The average molecular weight is 724 g/mol. The fourth-order valence-corrected chi connectivity index (χ4v) is 4.80. The van der Waals surface area contributed by atoms with Crippen molar-refractivity contribution in [3.63, 3.8) is 0 Å². The smallest absolute Gasteiger partial charge is 0.435 e. The number of carbonyl (C=O) groups excluding carboxylic acids is 1. The molecule has 0 aliphatic heterocycles. The van der Waals surface area contributed by atoms with Crippen molar-refractivity contribution in [1.82, 2.24) is 20.2 Å². The molecule has 2 aromatic carbocycles. The van der Waals surface area contributed by atoms with Crippen LogP contribution in [0.4, 0.5) is 18.9 Å². The minimum atomic E-state index is -4.71. The van der Waals surface area contributed by atoms with Gasteiger partial charge in [0.1, 0.15) is 24.3 Å². The number of benzene rings is 2. The number of alkyl halides is 3. The molecule has 5 rings (SSSR count). The highest BCUT2D eigenvalue weighted by Gasteiger charge is 2.38. The van der Waals surface area contributed by atoms with Crippen LogP contribution in [0.3, 0.4) is 0 Å². The number of hydrogen-bond donors (Lipinski definition) is 3. The van der Waals surface area contributed by atoms with Gasteiger partial charge in [-0.05, 0) is 64.2 Å². The van der Waals surface area contributed by atoms with Crippen LogP contribution in [0.25, 0.3) is 11.3 Å². The predicted molar refractivity (Wildman–Crippen MR) is 197 cm³/mol. The quantitative estimate of drug-likeness (QED) is 0.116. The SMILES string of the molecule is CC.CC.CNC.CNS.Cc1cccc(Cl)c1-c1noc(C2CC2)c1COc1ccc(N(C)Cc2ccc(C=O)cc2)c(C(F)(F)F)n1. The van der Waals surface area contributed by atoms with Crippen molar-refractivity contribution in [2.45, 2.75) is 72.7 Å². The standard InChI is InChI=1S/C29H25ClF3N3O3.C2H7N.2C2H6.CH5NS/c1-17-4-3-5-22(30)25(17)26-21(27(39-35-26)20-10-11-20)16-38-24-13-12-23(28(34-24)29(31,32)33)36(2)14-18-6-8-19(15-37)9-7-18;1-3-2;2*1-2;1-2-3/h3-9,12-13,15,20H,10-11,14,16H2,1-2H3;3H,1-2H3;2*1-2H3;2-3H,1H3. The number of thiol groups is 1. The molecule has 1 aliphatic carbocycles. The number of aldehydes is 1. The first kappa shape index (κ1) is 43.4. The number of halogens is 4. The van der Waals surface area contributed by atoms with E-state index in [1.807, 2.05) is 60.8 Å². The molecule has 2 aromatic heterocycles. The molecule has 49 heavy (non-hydrogen) atoms. The predicted octanol–water partition coefficient (Wildman–Crippen LogP) is 9.56. The number of pyridine rings is 1. The fraction of sp³-hybridized carbons (Fsp3) is 0.417. The number of aromatic nitrogens is 2. The van der Waals surface area contributed by atoms with E-state index < -0.39 is 11.9 Å². The van der Waals surface area contributed by atoms with Crippen LogP contribution >= 0.6 is 24.4 Å². The second kappa shape index (κ2) is 22.2. The average Bonchev–Trinajstić information content (AvgIpc) is 3.86. The Hall–Kier alpha value is -3.58. The minimum absolute atomic E-state index is 0.0715. The molecule has 0 bridgehead atoms. The van der Waals surface area contributed by atoms with Crippen LogP contribution in [0.1, 0.15) is 85.0 Å². The molecule has 0 amide bonds. The van der Waals surface area contributed by atoms with Gasteiger partial charge in [0.25, 0.3) is 0 Å². The number of ether oxygens (including phenoxy) is 1. The Bertz CT molecular complexity index is 1530. The summed E-state index contributed by atoms with van der Waals surface area (Å²) >= 11 is 10.0. The van der Waals surface area contributed by atoms with E-state index in [-0.39, 0.29) is 30.6 Å². The summed E-state index contributed by atoms with van der Waals surface area (Å²) < 4.78 is 56.1. The summed E-state index contributed by atoms with van der Waals surface area (Å²) in [5.41, 5.74) is 2.87. The molecule has 270 valence electrons. The maximum atomic E-state index is 14.1. The second-order valence-corrected chi connectivity index (χ2v) is 11.2. The molecule has 2 N–H and O–H groups in total. The zero-order chi connectivity index (χ0) is 37.1. The molecule has 0 atom stereocenters. The lowest BCUT2D eigenvalue weighted by molar-refractivity contribution is -0.140. The second-order valence-electron chi connectivity index (χ2n) is 10.3. The van der Waals surface area contributed by atoms with Crippen molar-refractivity contribution < 1.29 is 27.2 Å². The topological polar surface area (TPSA) is 92.5 Å². The van der Waals surface area contributed by atoms with Gasteiger partial charge in [-0.15, -0.1) is 0 Å². The van der Waals surface area contributed by atoms with Crippen molar-refractivity contribution in [1.29, 1.82) is 0 Å². The summed E-state index contributed by atoms with van der Waals surface area (Å²) in [6.45, 7) is 10.0. The van der Waals surface area contributed by atoms with E-state index in [2.05, 4.69) is 33.0 Å². The maximum absolute atomic E-state index is 14.1. The van der Waals surface area contributed by atoms with Crippen LogP contribution in [-0.2, 0) is 19.3 Å². The largest absolute Gasteiger partial charge is 0.473 e. The molecule has 8 nitrogen and oxygen atoms in total. The van der Waals surface area contributed by atoms with E-state index in [0.717, 1.165) is 24.0 Å². The lowest BCUT2D eigenvalue weighted by Crippen LogP contribution is -2.22. The number of nitrogens with zero attached hydrogens (tertiary/aromatic N) is 3. The van der Waals surface area contributed by atoms with Gasteiger partial charge >= 0.3 is 6.18 Å². The van der Waals surface area contributed by atoms with Crippen molar-refractivity contribution in [2.75, 3.05) is 33.1 Å². The van der Waals surface area contributed by atoms with E-state index >= 15 is 0 Å². The minimum Gasteiger partial charge on any atom is -0.473 e. The van der Waals surface area contributed by atoms with E-state index in [9.17, 15) is 18.0 Å². The van der Waals surface area contributed by atoms with Crippen molar-refractivity contribution in [3.8, 4) is 17.1 Å². The van der Waals surface area contributed by atoms with Crippen molar-refractivity contribution in [3.05, 3.63) is 93.3 Å². The van der Waals surface area contributed by atoms with Crippen LogP contribution in [-0.4, -0.2) is 44.6 Å². The summed E-state index contributed by atoms with van der Waals surface area (Å²) in [6.07, 6.45) is -2.11. The van der Waals surface area contributed by atoms with Crippen LogP contribution in [0.2, 0.25) is 5.02 Å². The highest BCUT2D eigenvalue weighted by Crippen LogP contribution is 2.45. The lowest BCUT2D eigenvalue weighted by Gasteiger charge is -2.23. The van der Waals surface area contributed by atoms with Gasteiger partial charge < -0.3 is 19.5 Å². The van der Waals surface area contributed by atoms with Gasteiger partial charge in [-0.2, -0.15) is 13.2 Å². The van der Waals surface area contributed by atoms with Gasteiger partial charge in [0.2, 0.25) is 5.88 Å². The lowest BCUT2D eigenvalue weighted by atomic mass is 10.0. The van der Waals surface area contributed by atoms with Crippen LogP contribution < -0.4 is 19.7 Å². The first-order chi connectivity index (χ1) is 23.5. The Morgan fingerprint density at radius 2 is 1.63 bits per heavy atom. The number of nitrogens with one attached hydrogen (secondary N) is 2. The van der Waals surface area contributed by atoms with E-state index in [0.29, 0.717) is 39.5 Å². The molecule has 4 aromatic rings. The van der Waals surface area contributed by atoms with Gasteiger partial charge in [-0.3, -0.25) is 9.52 Å². The first-order valence-corrected chi connectivity index (χ1v) is 16.9. The summed E-state index contributed by atoms with van der Waals surface area (Å²) in [6, 6.07) is 14.9. The van der Waals surface area contributed by atoms with Gasteiger partial charge in [0, 0.05) is 36.7 Å². The molecule has 2 heterocycles. The number of carbonyl (C=O) groups is 1. The van der Waals surface area contributed by atoms with Gasteiger partial charge in [0.05, 0.1) is 16.3 Å². The number of rotatable bonds is 9. The van der Waals surface area contributed by atoms with Crippen molar-refractivity contribution in [2.24, 2.45) is 0 Å². The summed E-state index contributed by atoms with van der Waals surface area (Å²) in [4.78, 5) is 16.2. The normalized spacial score (nSPS) is 11.6. The zero-order valence-electron chi connectivity index (χ0n) is 29.7. The third-order valence-electron chi connectivity index (χ3n) is 6.65. The Kier molecular flexibility index (Phi) is 19.7. The van der Waals surface area contributed by atoms with E-state index in [4.69, 9.17) is 20.9 Å². The Labute approximate surface area is 299 Å². The molecule has 0 radical (unpaired) electrons. The number of hydrogen-bond acceptors (Lipinski definition) is 9. The molecule has 0 spiro atoms. The zero-order valence-corrected chi connectivity index (χ0v) is 31.4. The molecule has 1 aliphatic rings. The highest BCUT2D eigenvalue weighted by atomic mass is 35.5. The Morgan fingerprint density at radius 1 is 1.04 bits per heavy atom. The van der Waals surface area contributed by atoms with Gasteiger partial charge in [-0.1, -0.05) is 93.7 Å². The van der Waals surface area contributed by atoms with Gasteiger partial charge in [-0.25, -0.2) is 4.98 Å². The first-order valence-electron chi connectivity index (χ1n) is 16.1. The Balaban J connectivity index is 0.00000109. The summed E-state index contributed by atoms with van der Waals surface area (Å²) in [7, 11) is 7.04. The summed E-state index contributed by atoms with van der Waals surface area (Å²) in [5, 5.41) is 7.51. The van der Waals surface area contributed by atoms with Crippen LogP contribution in [0.15, 0.2) is 59.1 Å². The number of anilines is 1. The molecular formula is C36H49ClF3N5O3S. The Morgan fingerprint density at radius 3 is 2.14 bits per heavy atom. The summed E-state index contributed by atoms with van der Waals surface area (Å²) in [5.74, 6) is 0.694. The molecular weight excluding hydrogens is 675 g/mol. The molecule has 0 unspecified atom stereocenters. The third kappa shape index (κ3) is 13.0. The van der Waals surface area contributed by atoms with E-state index in [1.165, 1.54) is 17.0 Å². The maximum Gasteiger partial charge on any atom is 0.435 e. The fourth-order valence-electron chi connectivity index (χ4n) is 4.49. The van der Waals surface area contributed by atoms with Gasteiger partial charge in [0.15, 0.2) is 5.69 Å². The molecule has 13 heteroatoms. The van der Waals surface area contributed by atoms with E-state index in [1.54, 1.807) is 44.4 Å².